The number of benzene rings is 1. The minimum atomic E-state index is 0.411. The van der Waals surface area contributed by atoms with Crippen LogP contribution in [0.5, 0.6) is 0 Å². The van der Waals surface area contributed by atoms with E-state index in [9.17, 15) is 0 Å². The molecule has 1 aromatic carbocycles. The SMILES string of the molecule is CN(CC1CCCO1)c1ccccc1CBr. The molecule has 1 atom stereocenters. The Hall–Kier alpha value is -0.540. The van der Waals surface area contributed by atoms with Crippen molar-refractivity contribution >= 4 is 21.6 Å². The molecule has 0 radical (unpaired) electrons. The van der Waals surface area contributed by atoms with Crippen molar-refractivity contribution in [2.45, 2.75) is 24.3 Å². The summed E-state index contributed by atoms with van der Waals surface area (Å²) in [7, 11) is 2.14. The molecule has 0 spiro atoms. The predicted molar refractivity (Wildman–Crippen MR) is 71.3 cm³/mol. The smallest absolute Gasteiger partial charge is 0.0750 e. The van der Waals surface area contributed by atoms with Crippen LogP contribution in [0.25, 0.3) is 0 Å². The highest BCUT2D eigenvalue weighted by Gasteiger charge is 2.18. The van der Waals surface area contributed by atoms with E-state index in [1.165, 1.54) is 24.1 Å². The lowest BCUT2D eigenvalue weighted by atomic mass is 10.1. The standard InChI is InChI=1S/C13H18BrNO/c1-15(10-12-6-4-8-16-12)13-7-3-2-5-11(13)9-14/h2-3,5,7,12H,4,6,8-10H2,1H3. The van der Waals surface area contributed by atoms with Crippen LogP contribution in [-0.2, 0) is 10.1 Å². The zero-order valence-corrected chi connectivity index (χ0v) is 11.2. The molecule has 1 aliphatic rings. The molecule has 1 heterocycles. The Morgan fingerprint density at radius 1 is 1.44 bits per heavy atom. The third-order valence-electron chi connectivity index (χ3n) is 3.05. The largest absolute Gasteiger partial charge is 0.376 e. The molecule has 1 aromatic rings. The van der Waals surface area contributed by atoms with Crippen LogP contribution in [0.1, 0.15) is 18.4 Å². The fourth-order valence-corrected chi connectivity index (χ4v) is 2.66. The van der Waals surface area contributed by atoms with E-state index in [0.717, 1.165) is 18.5 Å². The molecule has 1 fully saturated rings. The van der Waals surface area contributed by atoms with Gasteiger partial charge in [-0.25, -0.2) is 0 Å². The Balaban J connectivity index is 2.04. The number of halogens is 1. The lowest BCUT2D eigenvalue weighted by Gasteiger charge is -2.24. The van der Waals surface area contributed by atoms with E-state index < -0.39 is 0 Å². The summed E-state index contributed by atoms with van der Waals surface area (Å²) >= 11 is 3.53. The first-order valence-corrected chi connectivity index (χ1v) is 6.90. The number of anilines is 1. The zero-order chi connectivity index (χ0) is 11.4. The highest BCUT2D eigenvalue weighted by molar-refractivity contribution is 9.08. The number of hydrogen-bond acceptors (Lipinski definition) is 2. The van der Waals surface area contributed by atoms with E-state index in [0.29, 0.717) is 6.10 Å². The lowest BCUT2D eigenvalue weighted by molar-refractivity contribution is 0.116. The van der Waals surface area contributed by atoms with Crippen LogP contribution in [0.3, 0.4) is 0 Å². The summed E-state index contributed by atoms with van der Waals surface area (Å²) in [6.07, 6.45) is 2.81. The molecule has 0 amide bonds. The fraction of sp³-hybridized carbons (Fsp3) is 0.538. The van der Waals surface area contributed by atoms with Crippen LogP contribution in [0.4, 0.5) is 5.69 Å². The van der Waals surface area contributed by atoms with Gasteiger partial charge in [0.25, 0.3) is 0 Å². The Kier molecular flexibility index (Phi) is 4.24. The van der Waals surface area contributed by atoms with E-state index in [-0.39, 0.29) is 0 Å². The van der Waals surface area contributed by atoms with Crippen LogP contribution in [0, 0.1) is 0 Å². The van der Waals surface area contributed by atoms with Crippen molar-refractivity contribution in [1.29, 1.82) is 0 Å². The molecule has 2 nitrogen and oxygen atoms in total. The van der Waals surface area contributed by atoms with E-state index in [1.54, 1.807) is 0 Å². The molecule has 1 aliphatic heterocycles. The maximum Gasteiger partial charge on any atom is 0.0750 e. The van der Waals surface area contributed by atoms with E-state index in [1.807, 2.05) is 0 Å². The number of ether oxygens (including phenoxy) is 1. The Morgan fingerprint density at radius 3 is 2.94 bits per heavy atom. The van der Waals surface area contributed by atoms with Gasteiger partial charge in [0, 0.05) is 31.2 Å². The predicted octanol–water partition coefficient (Wildman–Crippen LogP) is 3.20. The third kappa shape index (κ3) is 2.77. The first kappa shape index (κ1) is 11.9. The number of likely N-dealkylation sites (N-methyl/N-ethyl adjacent to an activating group) is 1. The average molecular weight is 284 g/mol. The van der Waals surface area contributed by atoms with Gasteiger partial charge in [-0.15, -0.1) is 0 Å². The van der Waals surface area contributed by atoms with Crippen LogP contribution >= 0.6 is 15.9 Å². The van der Waals surface area contributed by atoms with E-state index in [4.69, 9.17) is 4.74 Å². The van der Waals surface area contributed by atoms with E-state index >= 15 is 0 Å². The van der Waals surface area contributed by atoms with Gasteiger partial charge in [0.1, 0.15) is 0 Å². The molecule has 2 rings (SSSR count). The molecule has 1 unspecified atom stereocenters. The number of alkyl halides is 1. The van der Waals surface area contributed by atoms with Gasteiger partial charge in [0.15, 0.2) is 0 Å². The summed E-state index contributed by atoms with van der Waals surface area (Å²) in [5, 5.41) is 0.902. The second-order valence-corrected chi connectivity index (χ2v) is 4.84. The van der Waals surface area contributed by atoms with Gasteiger partial charge >= 0.3 is 0 Å². The molecule has 0 saturated carbocycles. The first-order valence-electron chi connectivity index (χ1n) is 5.78. The molecule has 1 saturated heterocycles. The van der Waals surface area contributed by atoms with Crippen molar-refractivity contribution in [3.63, 3.8) is 0 Å². The van der Waals surface area contributed by atoms with Gasteiger partial charge in [-0.2, -0.15) is 0 Å². The molecule has 0 aromatic heterocycles. The number of hydrogen-bond donors (Lipinski definition) is 0. The van der Waals surface area contributed by atoms with Gasteiger partial charge in [-0.3, -0.25) is 0 Å². The third-order valence-corrected chi connectivity index (χ3v) is 3.65. The van der Waals surface area contributed by atoms with Gasteiger partial charge in [0.2, 0.25) is 0 Å². The molecular formula is C13H18BrNO. The fourth-order valence-electron chi connectivity index (χ4n) is 2.19. The molecule has 16 heavy (non-hydrogen) atoms. The molecule has 0 aliphatic carbocycles. The van der Waals surface area contributed by atoms with Crippen molar-refractivity contribution < 1.29 is 4.74 Å². The van der Waals surface area contributed by atoms with Gasteiger partial charge < -0.3 is 9.64 Å². The summed E-state index contributed by atoms with van der Waals surface area (Å²) in [6.45, 7) is 1.92. The highest BCUT2D eigenvalue weighted by atomic mass is 79.9. The molecule has 0 N–H and O–H groups in total. The highest BCUT2D eigenvalue weighted by Crippen LogP contribution is 2.23. The lowest BCUT2D eigenvalue weighted by Crippen LogP contribution is -2.29. The van der Waals surface area contributed by atoms with Crippen molar-refractivity contribution in [3.05, 3.63) is 29.8 Å². The van der Waals surface area contributed by atoms with Crippen LogP contribution in [-0.4, -0.2) is 26.3 Å². The molecular weight excluding hydrogens is 266 g/mol. The summed E-state index contributed by atoms with van der Waals surface area (Å²) in [4.78, 5) is 2.30. The second kappa shape index (κ2) is 5.69. The number of nitrogens with zero attached hydrogens (tertiary/aromatic N) is 1. The quantitative estimate of drug-likeness (QED) is 0.787. The van der Waals surface area contributed by atoms with Crippen LogP contribution < -0.4 is 4.90 Å². The Morgan fingerprint density at radius 2 is 2.25 bits per heavy atom. The topological polar surface area (TPSA) is 12.5 Å². The zero-order valence-electron chi connectivity index (χ0n) is 9.66. The normalized spacial score (nSPS) is 20.0. The van der Waals surface area contributed by atoms with Crippen LogP contribution in [0.2, 0.25) is 0 Å². The van der Waals surface area contributed by atoms with E-state index in [2.05, 4.69) is 52.1 Å². The summed E-state index contributed by atoms with van der Waals surface area (Å²) in [5.41, 5.74) is 2.64. The minimum Gasteiger partial charge on any atom is -0.376 e. The molecule has 3 heteroatoms. The molecule has 0 bridgehead atoms. The summed E-state index contributed by atoms with van der Waals surface area (Å²) in [6, 6.07) is 8.51. The maximum absolute atomic E-state index is 5.67. The Bertz CT molecular complexity index is 336. The average Bonchev–Trinajstić information content (AvgIpc) is 2.81. The van der Waals surface area contributed by atoms with Crippen molar-refractivity contribution in [3.8, 4) is 0 Å². The van der Waals surface area contributed by atoms with Gasteiger partial charge in [-0.05, 0) is 24.5 Å². The van der Waals surface area contributed by atoms with Crippen molar-refractivity contribution in [2.75, 3.05) is 25.1 Å². The Labute approximate surface area is 106 Å². The monoisotopic (exact) mass is 283 g/mol. The minimum absolute atomic E-state index is 0.411. The van der Waals surface area contributed by atoms with Crippen molar-refractivity contribution in [1.82, 2.24) is 0 Å². The maximum atomic E-state index is 5.67. The molecule has 88 valence electrons. The number of rotatable bonds is 4. The summed E-state index contributed by atoms with van der Waals surface area (Å²) < 4.78 is 5.67. The number of para-hydroxylation sites is 1. The van der Waals surface area contributed by atoms with Gasteiger partial charge in [-0.1, -0.05) is 34.1 Å². The van der Waals surface area contributed by atoms with Crippen LogP contribution in [0.15, 0.2) is 24.3 Å². The second-order valence-electron chi connectivity index (χ2n) is 4.28. The summed E-state index contributed by atoms with van der Waals surface area (Å²) in [5.74, 6) is 0. The van der Waals surface area contributed by atoms with Crippen molar-refractivity contribution in [2.24, 2.45) is 0 Å². The van der Waals surface area contributed by atoms with Gasteiger partial charge in [0.05, 0.1) is 6.10 Å². The first-order chi connectivity index (χ1) is 7.81.